The van der Waals surface area contributed by atoms with Gasteiger partial charge in [-0.2, -0.15) is 0 Å². The van der Waals surface area contributed by atoms with Gasteiger partial charge in [-0.1, -0.05) is 12.1 Å². The Labute approximate surface area is 183 Å². The summed E-state index contributed by atoms with van der Waals surface area (Å²) in [5, 5.41) is 9.08. The highest BCUT2D eigenvalue weighted by atomic mass is 16.2. The van der Waals surface area contributed by atoms with Gasteiger partial charge in [0.2, 0.25) is 5.91 Å². The van der Waals surface area contributed by atoms with Crippen LogP contribution >= 0.6 is 0 Å². The summed E-state index contributed by atoms with van der Waals surface area (Å²) in [6.45, 7) is 1.44. The zero-order valence-corrected chi connectivity index (χ0v) is 17.2. The lowest BCUT2D eigenvalue weighted by molar-refractivity contribution is -0.114. The van der Waals surface area contributed by atoms with E-state index in [0.29, 0.717) is 34.0 Å². The second-order valence-electron chi connectivity index (χ2n) is 7.24. The van der Waals surface area contributed by atoms with E-state index in [4.69, 9.17) is 5.73 Å². The van der Waals surface area contributed by atoms with E-state index in [2.05, 4.69) is 20.9 Å². The van der Waals surface area contributed by atoms with Gasteiger partial charge in [0.15, 0.2) is 0 Å². The summed E-state index contributed by atoms with van der Waals surface area (Å²) in [7, 11) is 0. The number of nitrogen functional groups attached to an aromatic ring is 1. The van der Waals surface area contributed by atoms with Gasteiger partial charge in [0.05, 0.1) is 11.4 Å². The van der Waals surface area contributed by atoms with Gasteiger partial charge < -0.3 is 26.7 Å². The fourth-order valence-electron chi connectivity index (χ4n) is 3.24. The first kappa shape index (κ1) is 20.7. The number of nitrogens with two attached hydrogens (primary N) is 1. The molecule has 1 aromatic heterocycles. The molecule has 0 aliphatic rings. The van der Waals surface area contributed by atoms with Crippen LogP contribution in [-0.4, -0.2) is 22.7 Å². The molecule has 0 atom stereocenters. The molecule has 0 bridgehead atoms. The number of anilines is 4. The van der Waals surface area contributed by atoms with E-state index in [1.165, 1.54) is 6.92 Å². The van der Waals surface area contributed by atoms with Crippen LogP contribution in [0.4, 0.5) is 22.7 Å². The third-order valence-corrected chi connectivity index (χ3v) is 4.80. The van der Waals surface area contributed by atoms with Crippen LogP contribution in [0.1, 0.15) is 27.8 Å². The molecule has 8 nitrogen and oxygen atoms in total. The Kier molecular flexibility index (Phi) is 5.59. The summed E-state index contributed by atoms with van der Waals surface area (Å²) in [6.07, 6.45) is 0. The number of H-pyrrole nitrogens is 1. The fraction of sp³-hybridized carbons (Fsp3) is 0.0417. The number of para-hydroxylation sites is 2. The number of fused-ring (bicyclic) bond motifs is 1. The van der Waals surface area contributed by atoms with Gasteiger partial charge in [0.1, 0.15) is 5.69 Å². The molecule has 1 heterocycles. The number of aromatic amines is 1. The number of carbonyl (C=O) groups is 3. The van der Waals surface area contributed by atoms with E-state index in [1.54, 1.807) is 72.8 Å². The fourth-order valence-corrected chi connectivity index (χ4v) is 3.24. The average Bonchev–Trinajstić information content (AvgIpc) is 3.19. The molecule has 4 aromatic rings. The molecule has 6 N–H and O–H groups in total. The summed E-state index contributed by atoms with van der Waals surface area (Å²) in [4.78, 5) is 39.4. The van der Waals surface area contributed by atoms with E-state index in [-0.39, 0.29) is 17.7 Å². The van der Waals surface area contributed by atoms with Crippen LogP contribution in [0.25, 0.3) is 10.9 Å². The number of carbonyl (C=O) groups excluding carboxylic acids is 3. The number of hydrogen-bond donors (Lipinski definition) is 5. The number of benzene rings is 3. The molecule has 0 aliphatic carbocycles. The first-order valence-electron chi connectivity index (χ1n) is 9.87. The Hall–Kier alpha value is -4.59. The topological polar surface area (TPSA) is 129 Å². The summed E-state index contributed by atoms with van der Waals surface area (Å²) >= 11 is 0. The molecule has 0 radical (unpaired) electrons. The summed E-state index contributed by atoms with van der Waals surface area (Å²) in [5.74, 6) is -0.787. The molecule has 4 rings (SSSR count). The lowest BCUT2D eigenvalue weighted by Crippen LogP contribution is -2.14. The Morgan fingerprint density at radius 2 is 1.50 bits per heavy atom. The Morgan fingerprint density at radius 1 is 0.781 bits per heavy atom. The molecular weight excluding hydrogens is 406 g/mol. The van der Waals surface area contributed by atoms with Crippen LogP contribution in [-0.2, 0) is 4.79 Å². The highest BCUT2D eigenvalue weighted by molar-refractivity contribution is 6.08. The third kappa shape index (κ3) is 4.59. The van der Waals surface area contributed by atoms with E-state index in [1.807, 2.05) is 0 Å². The highest BCUT2D eigenvalue weighted by Crippen LogP contribution is 2.22. The highest BCUT2D eigenvalue weighted by Gasteiger charge is 2.12. The van der Waals surface area contributed by atoms with Gasteiger partial charge in [0.25, 0.3) is 11.8 Å². The zero-order valence-electron chi connectivity index (χ0n) is 17.2. The molecule has 3 amide bonds. The monoisotopic (exact) mass is 427 g/mol. The minimum Gasteiger partial charge on any atom is -0.397 e. The van der Waals surface area contributed by atoms with Crippen molar-refractivity contribution in [2.45, 2.75) is 6.92 Å². The maximum atomic E-state index is 12.6. The van der Waals surface area contributed by atoms with Crippen LogP contribution in [0.2, 0.25) is 0 Å². The smallest absolute Gasteiger partial charge is 0.272 e. The first-order chi connectivity index (χ1) is 15.4. The summed E-state index contributed by atoms with van der Waals surface area (Å²) in [6, 6.07) is 20.6. The molecule has 32 heavy (non-hydrogen) atoms. The predicted molar refractivity (Wildman–Crippen MR) is 126 cm³/mol. The van der Waals surface area contributed by atoms with Gasteiger partial charge in [-0.05, 0) is 60.7 Å². The number of rotatable bonds is 5. The Morgan fingerprint density at radius 3 is 2.22 bits per heavy atom. The van der Waals surface area contributed by atoms with Crippen LogP contribution in [0.15, 0.2) is 72.8 Å². The maximum Gasteiger partial charge on any atom is 0.272 e. The van der Waals surface area contributed by atoms with Gasteiger partial charge >= 0.3 is 0 Å². The van der Waals surface area contributed by atoms with Crippen molar-refractivity contribution in [3.63, 3.8) is 0 Å². The molecular formula is C24H21N5O3. The summed E-state index contributed by atoms with van der Waals surface area (Å²) < 4.78 is 0. The normalized spacial score (nSPS) is 10.5. The van der Waals surface area contributed by atoms with Crippen molar-refractivity contribution >= 4 is 51.4 Å². The molecule has 0 unspecified atom stereocenters. The molecule has 0 saturated carbocycles. The molecule has 0 aliphatic heterocycles. The quantitative estimate of drug-likeness (QED) is 0.306. The average molecular weight is 427 g/mol. The first-order valence-corrected chi connectivity index (χ1v) is 9.87. The molecule has 0 saturated heterocycles. The van der Waals surface area contributed by atoms with Crippen molar-refractivity contribution in [3.8, 4) is 0 Å². The number of amides is 3. The molecule has 0 spiro atoms. The van der Waals surface area contributed by atoms with Crippen molar-refractivity contribution < 1.29 is 14.4 Å². The van der Waals surface area contributed by atoms with Crippen LogP contribution in [0.5, 0.6) is 0 Å². The minimum atomic E-state index is -0.323. The lowest BCUT2D eigenvalue weighted by Gasteiger charge is -2.09. The lowest BCUT2D eigenvalue weighted by atomic mass is 10.1. The van der Waals surface area contributed by atoms with Gasteiger partial charge in [-0.25, -0.2) is 0 Å². The zero-order chi connectivity index (χ0) is 22.7. The van der Waals surface area contributed by atoms with Crippen molar-refractivity contribution in [1.29, 1.82) is 0 Å². The van der Waals surface area contributed by atoms with Crippen molar-refractivity contribution in [1.82, 2.24) is 4.98 Å². The van der Waals surface area contributed by atoms with Crippen LogP contribution in [0, 0.1) is 0 Å². The van der Waals surface area contributed by atoms with E-state index >= 15 is 0 Å². The van der Waals surface area contributed by atoms with Crippen LogP contribution < -0.4 is 21.7 Å². The van der Waals surface area contributed by atoms with E-state index in [9.17, 15) is 14.4 Å². The Bertz CT molecular complexity index is 1330. The molecule has 160 valence electrons. The van der Waals surface area contributed by atoms with Crippen molar-refractivity contribution in [2.75, 3.05) is 21.7 Å². The predicted octanol–water partition coefficient (Wildman–Crippen LogP) is 4.21. The standard InChI is InChI=1S/C24H21N5O3/c1-14(30)26-18-10-11-20-16(12-18)13-22(28-20)24(32)27-17-8-6-15(7-9-17)23(31)29-21-5-3-2-4-19(21)25/h2-13,28H,25H2,1H3,(H,26,30)(H,27,32)(H,29,31). The summed E-state index contributed by atoms with van der Waals surface area (Å²) in [5.41, 5.74) is 9.65. The second-order valence-corrected chi connectivity index (χ2v) is 7.24. The number of nitrogens with one attached hydrogen (secondary N) is 4. The Balaban J connectivity index is 1.44. The van der Waals surface area contributed by atoms with Gasteiger partial charge in [0, 0.05) is 34.8 Å². The number of hydrogen-bond acceptors (Lipinski definition) is 4. The van der Waals surface area contributed by atoms with Crippen LogP contribution in [0.3, 0.4) is 0 Å². The van der Waals surface area contributed by atoms with E-state index in [0.717, 1.165) is 10.9 Å². The van der Waals surface area contributed by atoms with E-state index < -0.39 is 0 Å². The van der Waals surface area contributed by atoms with Crippen molar-refractivity contribution in [3.05, 3.63) is 84.1 Å². The molecule has 3 aromatic carbocycles. The SMILES string of the molecule is CC(=O)Nc1ccc2[nH]c(C(=O)Nc3ccc(C(=O)Nc4ccccc4N)cc3)cc2c1. The van der Waals surface area contributed by atoms with Gasteiger partial charge in [-0.3, -0.25) is 14.4 Å². The molecule has 8 heteroatoms. The second kappa shape index (κ2) is 8.65. The van der Waals surface area contributed by atoms with Crippen molar-refractivity contribution in [2.24, 2.45) is 0 Å². The van der Waals surface area contributed by atoms with Gasteiger partial charge in [-0.15, -0.1) is 0 Å². The third-order valence-electron chi connectivity index (χ3n) is 4.80. The molecule has 0 fully saturated rings. The number of aromatic nitrogens is 1. The largest absolute Gasteiger partial charge is 0.397 e. The maximum absolute atomic E-state index is 12.6. The minimum absolute atomic E-state index is 0.165.